The first-order valence-electron chi connectivity index (χ1n) is 7.55. The van der Waals surface area contributed by atoms with Gasteiger partial charge in [0.05, 0.1) is 11.4 Å². The van der Waals surface area contributed by atoms with Gasteiger partial charge in [0.25, 0.3) is 5.91 Å². The quantitative estimate of drug-likeness (QED) is 0.356. The van der Waals surface area contributed by atoms with Gasteiger partial charge in [-0.2, -0.15) is 10.2 Å². The molecule has 0 aliphatic heterocycles. The summed E-state index contributed by atoms with van der Waals surface area (Å²) >= 11 is 3.39. The number of hydrogen-bond donors (Lipinski definition) is 3. The number of hydrogen-bond acceptors (Lipinski definition) is 4. The van der Waals surface area contributed by atoms with Crippen LogP contribution in [0.2, 0.25) is 0 Å². The van der Waals surface area contributed by atoms with Crippen LogP contribution in [0.5, 0.6) is 0 Å². The van der Waals surface area contributed by atoms with Gasteiger partial charge < -0.3 is 5.73 Å². The molecule has 0 saturated carbocycles. The smallest absolute Gasteiger partial charge is 0.289 e. The van der Waals surface area contributed by atoms with E-state index in [1.807, 2.05) is 43.3 Å². The Bertz CT molecular complexity index is 913. The first-order chi connectivity index (χ1) is 12.0. The summed E-state index contributed by atoms with van der Waals surface area (Å²) in [6.45, 7) is 1.81. The number of H-pyrrole nitrogens is 1. The predicted molar refractivity (Wildman–Crippen MR) is 102 cm³/mol. The van der Waals surface area contributed by atoms with E-state index in [1.54, 1.807) is 18.2 Å². The normalized spacial score (nSPS) is 11.4. The number of anilines is 1. The first-order valence-corrected chi connectivity index (χ1v) is 8.34. The molecular weight excluding hydrogens is 382 g/mol. The van der Waals surface area contributed by atoms with Crippen LogP contribution in [0.4, 0.5) is 5.69 Å². The number of nitrogens with two attached hydrogens (primary N) is 1. The molecule has 4 N–H and O–H groups in total. The van der Waals surface area contributed by atoms with Gasteiger partial charge >= 0.3 is 0 Å². The summed E-state index contributed by atoms with van der Waals surface area (Å²) in [6.07, 6.45) is 0. The maximum absolute atomic E-state index is 12.2. The van der Waals surface area contributed by atoms with E-state index in [0.29, 0.717) is 22.8 Å². The Hall–Kier alpha value is -2.93. The number of nitrogens with zero attached hydrogens (tertiary/aromatic N) is 2. The Balaban J connectivity index is 1.70. The minimum absolute atomic E-state index is 0.340. The molecule has 25 heavy (non-hydrogen) atoms. The van der Waals surface area contributed by atoms with Crippen molar-refractivity contribution in [1.82, 2.24) is 15.6 Å². The molecule has 0 unspecified atom stereocenters. The number of rotatable bonds is 4. The van der Waals surface area contributed by atoms with Crippen molar-refractivity contribution in [3.8, 4) is 11.3 Å². The van der Waals surface area contributed by atoms with Crippen LogP contribution in [0.25, 0.3) is 11.3 Å². The zero-order chi connectivity index (χ0) is 17.8. The number of benzene rings is 2. The van der Waals surface area contributed by atoms with Crippen molar-refractivity contribution in [2.24, 2.45) is 5.10 Å². The van der Waals surface area contributed by atoms with E-state index >= 15 is 0 Å². The van der Waals surface area contributed by atoms with E-state index in [0.717, 1.165) is 15.6 Å². The standard InChI is InChI=1S/C18H16BrN5O/c1-11(12-4-8-15(20)9-5-12)21-24-18(25)17-10-16(22-23-17)13-2-6-14(19)7-3-13/h2-10H,20H2,1H3,(H,22,23)(H,24,25)/b21-11+. The maximum Gasteiger partial charge on any atom is 0.289 e. The number of nitrogens with one attached hydrogen (secondary N) is 2. The Morgan fingerprint density at radius 3 is 2.52 bits per heavy atom. The van der Waals surface area contributed by atoms with Gasteiger partial charge in [0.1, 0.15) is 5.69 Å². The SMILES string of the molecule is C/C(=N\NC(=O)c1cc(-c2ccc(Br)cc2)n[nH]1)c1ccc(N)cc1. The fourth-order valence-electron chi connectivity index (χ4n) is 2.19. The van der Waals surface area contributed by atoms with Gasteiger partial charge in [-0.05, 0) is 42.8 Å². The van der Waals surface area contributed by atoms with Crippen LogP contribution in [0.1, 0.15) is 23.0 Å². The molecule has 3 rings (SSSR count). The van der Waals surface area contributed by atoms with E-state index in [9.17, 15) is 4.79 Å². The van der Waals surface area contributed by atoms with Crippen molar-refractivity contribution in [2.45, 2.75) is 6.92 Å². The van der Waals surface area contributed by atoms with Crippen molar-refractivity contribution in [2.75, 3.05) is 5.73 Å². The lowest BCUT2D eigenvalue weighted by atomic mass is 10.1. The van der Waals surface area contributed by atoms with Crippen LogP contribution in [0.15, 0.2) is 64.2 Å². The molecule has 0 aliphatic rings. The molecule has 2 aromatic carbocycles. The highest BCUT2D eigenvalue weighted by Crippen LogP contribution is 2.20. The van der Waals surface area contributed by atoms with Gasteiger partial charge in [0.2, 0.25) is 0 Å². The number of halogens is 1. The average Bonchev–Trinajstić information content (AvgIpc) is 3.11. The second-order valence-electron chi connectivity index (χ2n) is 5.43. The first kappa shape index (κ1) is 16.9. The summed E-state index contributed by atoms with van der Waals surface area (Å²) in [4.78, 5) is 12.2. The van der Waals surface area contributed by atoms with Crippen molar-refractivity contribution in [3.05, 3.63) is 70.3 Å². The topological polar surface area (TPSA) is 96.2 Å². The summed E-state index contributed by atoms with van der Waals surface area (Å²) in [6, 6.07) is 16.6. The second kappa shape index (κ2) is 7.31. The van der Waals surface area contributed by atoms with Gasteiger partial charge in [-0.1, -0.05) is 40.2 Å². The molecule has 0 atom stereocenters. The van der Waals surface area contributed by atoms with Crippen LogP contribution >= 0.6 is 15.9 Å². The molecule has 0 spiro atoms. The minimum Gasteiger partial charge on any atom is -0.399 e. The largest absolute Gasteiger partial charge is 0.399 e. The molecule has 1 aromatic heterocycles. The Morgan fingerprint density at radius 2 is 1.84 bits per heavy atom. The number of hydrazone groups is 1. The summed E-state index contributed by atoms with van der Waals surface area (Å²) < 4.78 is 0.984. The number of aromatic amines is 1. The zero-order valence-corrected chi connectivity index (χ0v) is 15.0. The molecule has 0 bridgehead atoms. The molecule has 0 radical (unpaired) electrons. The Labute approximate surface area is 153 Å². The number of nitrogen functional groups attached to an aromatic ring is 1. The molecule has 1 amide bonds. The molecular formula is C18H16BrN5O. The number of amides is 1. The molecule has 3 aromatic rings. The average molecular weight is 398 g/mol. The Kier molecular flexibility index (Phi) is 4.95. The molecule has 1 heterocycles. The third kappa shape index (κ3) is 4.13. The van der Waals surface area contributed by atoms with E-state index in [-0.39, 0.29) is 5.91 Å². The van der Waals surface area contributed by atoms with Crippen molar-refractivity contribution in [1.29, 1.82) is 0 Å². The highest BCUT2D eigenvalue weighted by atomic mass is 79.9. The highest BCUT2D eigenvalue weighted by Gasteiger charge is 2.10. The highest BCUT2D eigenvalue weighted by molar-refractivity contribution is 9.10. The van der Waals surface area contributed by atoms with Crippen molar-refractivity contribution < 1.29 is 4.79 Å². The van der Waals surface area contributed by atoms with Gasteiger partial charge in [-0.3, -0.25) is 9.89 Å². The van der Waals surface area contributed by atoms with E-state index in [1.165, 1.54) is 0 Å². The predicted octanol–water partition coefficient (Wildman–Crippen LogP) is 3.58. The molecule has 7 heteroatoms. The third-order valence-electron chi connectivity index (χ3n) is 3.62. The fourth-order valence-corrected chi connectivity index (χ4v) is 2.45. The summed E-state index contributed by atoms with van der Waals surface area (Å²) in [7, 11) is 0. The van der Waals surface area contributed by atoms with Crippen LogP contribution in [-0.2, 0) is 0 Å². The second-order valence-corrected chi connectivity index (χ2v) is 6.35. The minimum atomic E-state index is -0.356. The fraction of sp³-hybridized carbons (Fsp3) is 0.0556. The molecule has 0 aliphatic carbocycles. The summed E-state index contributed by atoms with van der Waals surface area (Å²) in [5.74, 6) is -0.356. The van der Waals surface area contributed by atoms with Gasteiger partial charge in [-0.25, -0.2) is 5.43 Å². The molecule has 126 valence electrons. The van der Waals surface area contributed by atoms with E-state index < -0.39 is 0 Å². The number of carbonyl (C=O) groups excluding carboxylic acids is 1. The van der Waals surface area contributed by atoms with Gasteiger partial charge in [-0.15, -0.1) is 0 Å². The van der Waals surface area contributed by atoms with E-state index in [4.69, 9.17) is 5.73 Å². The van der Waals surface area contributed by atoms with Crippen LogP contribution in [0.3, 0.4) is 0 Å². The lowest BCUT2D eigenvalue weighted by Gasteiger charge is -2.02. The molecule has 0 saturated heterocycles. The van der Waals surface area contributed by atoms with Gasteiger partial charge in [0, 0.05) is 15.7 Å². The van der Waals surface area contributed by atoms with Crippen molar-refractivity contribution in [3.63, 3.8) is 0 Å². The zero-order valence-electron chi connectivity index (χ0n) is 13.5. The Morgan fingerprint density at radius 1 is 1.16 bits per heavy atom. The van der Waals surface area contributed by atoms with Crippen molar-refractivity contribution >= 4 is 33.2 Å². The van der Waals surface area contributed by atoms with Gasteiger partial charge in [0.15, 0.2) is 0 Å². The summed E-state index contributed by atoms with van der Waals surface area (Å²) in [5, 5.41) is 11.0. The maximum atomic E-state index is 12.2. The third-order valence-corrected chi connectivity index (χ3v) is 4.14. The lowest BCUT2D eigenvalue weighted by molar-refractivity contribution is 0.0950. The molecule has 6 nitrogen and oxygen atoms in total. The number of aromatic nitrogens is 2. The van der Waals surface area contributed by atoms with Crippen LogP contribution in [-0.4, -0.2) is 21.8 Å². The summed E-state index contributed by atoms with van der Waals surface area (Å²) in [5.41, 5.74) is 12.4. The van der Waals surface area contributed by atoms with Crippen LogP contribution < -0.4 is 11.2 Å². The monoisotopic (exact) mass is 397 g/mol. The van der Waals surface area contributed by atoms with E-state index in [2.05, 4.69) is 36.7 Å². The lowest BCUT2D eigenvalue weighted by Crippen LogP contribution is -2.19. The number of carbonyl (C=O) groups is 1. The van der Waals surface area contributed by atoms with Crippen LogP contribution in [0, 0.1) is 0 Å². The molecule has 0 fully saturated rings.